The normalized spacial score (nSPS) is 17.0. The summed E-state index contributed by atoms with van der Waals surface area (Å²) in [6.45, 7) is 7.48. The number of hydrogen-bond acceptors (Lipinski definition) is 3. The van der Waals surface area contributed by atoms with E-state index in [0.717, 1.165) is 32.1 Å². The molecule has 0 radical (unpaired) electrons. The third kappa shape index (κ3) is 7.81. The lowest BCUT2D eigenvalue weighted by Gasteiger charge is -2.22. The maximum atomic E-state index is 4.71. The molecular weight excluding hydrogens is 413 g/mol. The van der Waals surface area contributed by atoms with Gasteiger partial charge in [0.25, 0.3) is 0 Å². The largest absolute Gasteiger partial charge is 0.355 e. The molecule has 136 valence electrons. The molecule has 1 fully saturated rings. The molecule has 0 unspecified atom stereocenters. The SMILES string of the molecule is CN1CCCN(CCNC(=NCc2ccccc2)N(C)C)CC1.I. The molecule has 0 bridgehead atoms. The Morgan fingerprint density at radius 1 is 1.12 bits per heavy atom. The smallest absolute Gasteiger partial charge is 0.193 e. The zero-order chi connectivity index (χ0) is 16.5. The highest BCUT2D eigenvalue weighted by molar-refractivity contribution is 14.0. The third-order valence-electron chi connectivity index (χ3n) is 4.20. The third-order valence-corrected chi connectivity index (χ3v) is 4.20. The first-order valence-corrected chi connectivity index (χ1v) is 8.55. The summed E-state index contributed by atoms with van der Waals surface area (Å²) in [5, 5.41) is 3.49. The predicted octanol–water partition coefficient (Wildman–Crippen LogP) is 1.95. The second kappa shape index (κ2) is 11.7. The lowest BCUT2D eigenvalue weighted by atomic mass is 10.2. The Balaban J connectivity index is 0.00000288. The number of guanidine groups is 1. The van der Waals surface area contributed by atoms with Crippen molar-refractivity contribution < 1.29 is 0 Å². The molecule has 1 aliphatic heterocycles. The molecule has 0 aliphatic carbocycles. The van der Waals surface area contributed by atoms with Gasteiger partial charge in [0, 0.05) is 40.3 Å². The monoisotopic (exact) mass is 445 g/mol. The summed E-state index contributed by atoms with van der Waals surface area (Å²) in [7, 11) is 6.29. The van der Waals surface area contributed by atoms with Crippen molar-refractivity contribution in [2.24, 2.45) is 4.99 Å². The summed E-state index contributed by atoms with van der Waals surface area (Å²) in [6, 6.07) is 10.4. The van der Waals surface area contributed by atoms with Crippen LogP contribution in [0.5, 0.6) is 0 Å². The highest BCUT2D eigenvalue weighted by atomic mass is 127. The van der Waals surface area contributed by atoms with Gasteiger partial charge in [0.05, 0.1) is 6.54 Å². The Morgan fingerprint density at radius 3 is 2.58 bits per heavy atom. The number of rotatable bonds is 5. The van der Waals surface area contributed by atoms with E-state index in [1.807, 2.05) is 20.2 Å². The number of likely N-dealkylation sites (N-methyl/N-ethyl adjacent to an activating group) is 1. The molecule has 0 atom stereocenters. The van der Waals surface area contributed by atoms with Crippen LogP contribution in [-0.2, 0) is 6.54 Å². The van der Waals surface area contributed by atoms with Crippen molar-refractivity contribution in [3.63, 3.8) is 0 Å². The molecule has 0 spiro atoms. The molecule has 1 aliphatic rings. The van der Waals surface area contributed by atoms with Gasteiger partial charge in [-0.05, 0) is 32.1 Å². The van der Waals surface area contributed by atoms with E-state index in [-0.39, 0.29) is 24.0 Å². The van der Waals surface area contributed by atoms with Crippen molar-refractivity contribution in [3.05, 3.63) is 35.9 Å². The summed E-state index contributed by atoms with van der Waals surface area (Å²) < 4.78 is 0. The van der Waals surface area contributed by atoms with Crippen LogP contribution in [0.15, 0.2) is 35.3 Å². The van der Waals surface area contributed by atoms with Gasteiger partial charge < -0.3 is 20.0 Å². The number of halogens is 1. The zero-order valence-corrected chi connectivity index (χ0v) is 17.6. The quantitative estimate of drug-likeness (QED) is 0.427. The van der Waals surface area contributed by atoms with Crippen molar-refractivity contribution >= 4 is 29.9 Å². The topological polar surface area (TPSA) is 34.1 Å². The first kappa shape index (κ1) is 21.2. The van der Waals surface area contributed by atoms with E-state index in [0.29, 0.717) is 0 Å². The lowest BCUT2D eigenvalue weighted by Crippen LogP contribution is -2.41. The molecule has 0 aromatic heterocycles. The van der Waals surface area contributed by atoms with E-state index in [1.54, 1.807) is 0 Å². The van der Waals surface area contributed by atoms with Crippen LogP contribution in [0.1, 0.15) is 12.0 Å². The number of nitrogens with one attached hydrogen (secondary N) is 1. The molecule has 1 aromatic carbocycles. The van der Waals surface area contributed by atoms with Crippen molar-refractivity contribution in [1.29, 1.82) is 0 Å². The van der Waals surface area contributed by atoms with Gasteiger partial charge in [-0.2, -0.15) is 0 Å². The Kier molecular flexibility index (Phi) is 10.3. The number of hydrogen-bond donors (Lipinski definition) is 1. The summed E-state index contributed by atoms with van der Waals surface area (Å²) in [6.07, 6.45) is 1.26. The van der Waals surface area contributed by atoms with Crippen molar-refractivity contribution in [2.75, 3.05) is 60.4 Å². The summed E-state index contributed by atoms with van der Waals surface area (Å²) >= 11 is 0. The van der Waals surface area contributed by atoms with E-state index in [2.05, 4.69) is 51.3 Å². The van der Waals surface area contributed by atoms with Gasteiger partial charge in [0.2, 0.25) is 0 Å². The Hall–Kier alpha value is -0.860. The van der Waals surface area contributed by atoms with Crippen LogP contribution in [0.4, 0.5) is 0 Å². The minimum absolute atomic E-state index is 0. The average molecular weight is 445 g/mol. The van der Waals surface area contributed by atoms with Crippen molar-refractivity contribution in [3.8, 4) is 0 Å². The van der Waals surface area contributed by atoms with Crippen LogP contribution in [0.2, 0.25) is 0 Å². The van der Waals surface area contributed by atoms with Gasteiger partial charge in [-0.1, -0.05) is 30.3 Å². The van der Waals surface area contributed by atoms with E-state index in [1.165, 1.54) is 31.6 Å². The lowest BCUT2D eigenvalue weighted by molar-refractivity contribution is 0.279. The molecule has 1 heterocycles. The fraction of sp³-hybridized carbons (Fsp3) is 0.611. The second-order valence-electron chi connectivity index (χ2n) is 6.45. The maximum absolute atomic E-state index is 4.71. The van der Waals surface area contributed by atoms with Crippen LogP contribution in [0, 0.1) is 0 Å². The molecule has 0 amide bonds. The molecule has 2 rings (SSSR count). The first-order valence-electron chi connectivity index (χ1n) is 8.55. The van der Waals surface area contributed by atoms with Gasteiger partial charge in [0.1, 0.15) is 0 Å². The Bertz CT molecular complexity index is 478. The zero-order valence-electron chi connectivity index (χ0n) is 15.2. The number of nitrogens with zero attached hydrogens (tertiary/aromatic N) is 4. The minimum atomic E-state index is 0. The molecule has 6 heteroatoms. The van der Waals surface area contributed by atoms with Gasteiger partial charge in [-0.3, -0.25) is 0 Å². The van der Waals surface area contributed by atoms with E-state index in [9.17, 15) is 0 Å². The Morgan fingerprint density at radius 2 is 1.88 bits per heavy atom. The fourth-order valence-corrected chi connectivity index (χ4v) is 2.75. The first-order chi connectivity index (χ1) is 11.1. The Labute approximate surface area is 164 Å². The van der Waals surface area contributed by atoms with E-state index in [4.69, 9.17) is 4.99 Å². The number of benzene rings is 1. The van der Waals surface area contributed by atoms with Gasteiger partial charge in [-0.25, -0.2) is 4.99 Å². The predicted molar refractivity (Wildman–Crippen MR) is 113 cm³/mol. The number of aliphatic imine (C=N–C) groups is 1. The molecule has 24 heavy (non-hydrogen) atoms. The fourth-order valence-electron chi connectivity index (χ4n) is 2.75. The van der Waals surface area contributed by atoms with Crippen molar-refractivity contribution in [1.82, 2.24) is 20.0 Å². The summed E-state index contributed by atoms with van der Waals surface area (Å²) in [5.74, 6) is 0.959. The van der Waals surface area contributed by atoms with Crippen LogP contribution in [0.3, 0.4) is 0 Å². The molecule has 1 aromatic rings. The van der Waals surface area contributed by atoms with Crippen LogP contribution >= 0.6 is 24.0 Å². The summed E-state index contributed by atoms with van der Waals surface area (Å²) in [4.78, 5) is 11.7. The average Bonchev–Trinajstić information content (AvgIpc) is 2.76. The van der Waals surface area contributed by atoms with E-state index < -0.39 is 0 Å². The van der Waals surface area contributed by atoms with Crippen LogP contribution < -0.4 is 5.32 Å². The molecule has 1 N–H and O–H groups in total. The minimum Gasteiger partial charge on any atom is -0.355 e. The van der Waals surface area contributed by atoms with Crippen LogP contribution in [-0.4, -0.2) is 81.1 Å². The standard InChI is InChI=1S/C18H31N5.HI/c1-21(2)18(20-16-17-8-5-4-6-9-17)19-10-13-23-12-7-11-22(3)14-15-23;/h4-6,8-9H,7,10-16H2,1-3H3,(H,19,20);1H. The van der Waals surface area contributed by atoms with Gasteiger partial charge in [0.15, 0.2) is 5.96 Å². The molecule has 1 saturated heterocycles. The molecule has 5 nitrogen and oxygen atoms in total. The van der Waals surface area contributed by atoms with Gasteiger partial charge in [-0.15, -0.1) is 24.0 Å². The van der Waals surface area contributed by atoms with Crippen LogP contribution in [0.25, 0.3) is 0 Å². The van der Waals surface area contributed by atoms with Crippen molar-refractivity contribution in [2.45, 2.75) is 13.0 Å². The highest BCUT2D eigenvalue weighted by Crippen LogP contribution is 2.01. The molecular formula is C18H32IN5. The van der Waals surface area contributed by atoms with E-state index >= 15 is 0 Å². The maximum Gasteiger partial charge on any atom is 0.193 e. The van der Waals surface area contributed by atoms with Gasteiger partial charge >= 0.3 is 0 Å². The second-order valence-corrected chi connectivity index (χ2v) is 6.45. The highest BCUT2D eigenvalue weighted by Gasteiger charge is 2.11. The summed E-state index contributed by atoms with van der Waals surface area (Å²) in [5.41, 5.74) is 1.24. The molecule has 0 saturated carbocycles.